The Morgan fingerprint density at radius 2 is 2.00 bits per heavy atom. The van der Waals surface area contributed by atoms with Crippen LogP contribution in [0.5, 0.6) is 0 Å². The molecule has 0 aromatic heterocycles. The molecule has 1 aliphatic rings. The minimum atomic E-state index is 0.0246. The number of nitrogens with one attached hydrogen (secondary N) is 1. The minimum absolute atomic E-state index is 0.0246. The van der Waals surface area contributed by atoms with Crippen LogP contribution in [0.4, 0.5) is 0 Å². The molecule has 1 fully saturated rings. The van der Waals surface area contributed by atoms with Crippen molar-refractivity contribution in [2.24, 2.45) is 0 Å². The van der Waals surface area contributed by atoms with E-state index >= 15 is 0 Å². The normalized spacial score (nSPS) is 18.9. The van der Waals surface area contributed by atoms with E-state index < -0.39 is 0 Å². The van der Waals surface area contributed by atoms with Gasteiger partial charge in [0.25, 0.3) is 0 Å². The van der Waals surface area contributed by atoms with Crippen molar-refractivity contribution in [3.63, 3.8) is 0 Å². The van der Waals surface area contributed by atoms with Gasteiger partial charge in [-0.3, -0.25) is 0 Å². The molecule has 17 heavy (non-hydrogen) atoms. The number of ether oxygens (including phenoxy) is 1. The quantitative estimate of drug-likeness (QED) is 0.926. The highest BCUT2D eigenvalue weighted by Gasteiger charge is 2.52. The molecule has 0 radical (unpaired) electrons. The van der Waals surface area contributed by atoms with E-state index in [2.05, 4.69) is 60.2 Å². The highest BCUT2D eigenvalue weighted by molar-refractivity contribution is 9.10. The van der Waals surface area contributed by atoms with Crippen LogP contribution in [0.3, 0.4) is 0 Å². The molecular formula is C14H20BrNO. The van der Waals surface area contributed by atoms with E-state index in [4.69, 9.17) is 4.74 Å². The summed E-state index contributed by atoms with van der Waals surface area (Å²) in [5.74, 6) is 0. The molecule has 1 N–H and O–H groups in total. The van der Waals surface area contributed by atoms with Gasteiger partial charge in [0.1, 0.15) is 0 Å². The van der Waals surface area contributed by atoms with Crippen LogP contribution in [0, 0.1) is 6.92 Å². The first-order valence-electron chi connectivity index (χ1n) is 5.96. The molecule has 0 aliphatic carbocycles. The summed E-state index contributed by atoms with van der Waals surface area (Å²) in [7, 11) is 2.02. The third-order valence-corrected chi connectivity index (χ3v) is 4.73. The molecule has 2 nitrogen and oxygen atoms in total. The van der Waals surface area contributed by atoms with Crippen molar-refractivity contribution < 1.29 is 4.74 Å². The van der Waals surface area contributed by atoms with Gasteiger partial charge in [-0.1, -0.05) is 22.0 Å². The largest absolute Gasteiger partial charge is 0.379 e. The Hall–Kier alpha value is -0.380. The number of hydrogen-bond donors (Lipinski definition) is 1. The first kappa shape index (κ1) is 13.1. The molecule has 0 atom stereocenters. The van der Waals surface area contributed by atoms with Crippen molar-refractivity contribution in [1.82, 2.24) is 5.32 Å². The summed E-state index contributed by atoms with van der Waals surface area (Å²) >= 11 is 3.57. The van der Waals surface area contributed by atoms with Crippen molar-refractivity contribution in [2.45, 2.75) is 31.7 Å². The Morgan fingerprint density at radius 3 is 2.47 bits per heavy atom. The predicted molar refractivity (Wildman–Crippen MR) is 74.5 cm³/mol. The van der Waals surface area contributed by atoms with Gasteiger partial charge in [0, 0.05) is 10.0 Å². The number of hydrogen-bond acceptors (Lipinski definition) is 2. The molecule has 2 rings (SSSR count). The van der Waals surface area contributed by atoms with Crippen molar-refractivity contribution in [3.05, 3.63) is 33.8 Å². The third kappa shape index (κ3) is 1.94. The Labute approximate surface area is 112 Å². The zero-order valence-corrected chi connectivity index (χ0v) is 12.5. The van der Waals surface area contributed by atoms with E-state index in [0.29, 0.717) is 0 Å². The average molecular weight is 298 g/mol. The van der Waals surface area contributed by atoms with E-state index in [1.54, 1.807) is 0 Å². The zero-order chi connectivity index (χ0) is 12.7. The number of benzene rings is 1. The molecule has 1 aliphatic heterocycles. The fourth-order valence-electron chi connectivity index (χ4n) is 2.51. The van der Waals surface area contributed by atoms with Crippen LogP contribution in [0.15, 0.2) is 22.7 Å². The predicted octanol–water partition coefficient (Wildman–Crippen LogP) is 3.02. The SMILES string of the molecule is CNC(C)(C)C1(c2cc(Br)ccc2C)COC1. The number of aryl methyl sites for hydroxylation is 1. The van der Waals surface area contributed by atoms with Crippen LogP contribution >= 0.6 is 15.9 Å². The van der Waals surface area contributed by atoms with E-state index in [1.807, 2.05) is 7.05 Å². The first-order valence-corrected chi connectivity index (χ1v) is 6.75. The highest BCUT2D eigenvalue weighted by atomic mass is 79.9. The van der Waals surface area contributed by atoms with Crippen LogP contribution in [0.1, 0.15) is 25.0 Å². The molecule has 1 saturated heterocycles. The summed E-state index contributed by atoms with van der Waals surface area (Å²) in [5.41, 5.74) is 2.82. The van der Waals surface area contributed by atoms with Crippen LogP contribution in [-0.4, -0.2) is 25.8 Å². The second-order valence-electron chi connectivity index (χ2n) is 5.41. The van der Waals surface area contributed by atoms with Crippen LogP contribution < -0.4 is 5.32 Å². The van der Waals surface area contributed by atoms with Crippen molar-refractivity contribution >= 4 is 15.9 Å². The van der Waals surface area contributed by atoms with Crippen molar-refractivity contribution in [3.8, 4) is 0 Å². The molecule has 1 aromatic rings. The van der Waals surface area contributed by atoms with Gasteiger partial charge >= 0.3 is 0 Å². The lowest BCUT2D eigenvalue weighted by atomic mass is 9.64. The Morgan fingerprint density at radius 1 is 1.35 bits per heavy atom. The highest BCUT2D eigenvalue weighted by Crippen LogP contribution is 2.43. The average Bonchev–Trinajstić information content (AvgIpc) is 2.21. The summed E-state index contributed by atoms with van der Waals surface area (Å²) in [6.07, 6.45) is 0. The van der Waals surface area contributed by atoms with E-state index in [-0.39, 0.29) is 11.0 Å². The fourth-order valence-corrected chi connectivity index (χ4v) is 2.87. The molecule has 0 bridgehead atoms. The second kappa shape index (κ2) is 4.38. The van der Waals surface area contributed by atoms with Gasteiger partial charge in [0.15, 0.2) is 0 Å². The molecule has 1 aromatic carbocycles. The van der Waals surface area contributed by atoms with Crippen LogP contribution in [0.2, 0.25) is 0 Å². The number of halogens is 1. The van der Waals surface area contributed by atoms with Crippen molar-refractivity contribution in [1.29, 1.82) is 0 Å². The molecule has 94 valence electrons. The lowest BCUT2D eigenvalue weighted by molar-refractivity contribution is -0.0994. The van der Waals surface area contributed by atoms with E-state index in [9.17, 15) is 0 Å². The van der Waals surface area contributed by atoms with Gasteiger partial charge in [0.05, 0.1) is 18.6 Å². The Balaban J connectivity index is 2.52. The maximum Gasteiger partial charge on any atom is 0.0603 e. The van der Waals surface area contributed by atoms with Crippen LogP contribution in [0.25, 0.3) is 0 Å². The number of likely N-dealkylation sites (N-methyl/N-ethyl adjacent to an activating group) is 1. The third-order valence-electron chi connectivity index (χ3n) is 4.23. The van der Waals surface area contributed by atoms with Gasteiger partial charge in [-0.05, 0) is 51.1 Å². The standard InChI is InChI=1S/C14H20BrNO/c1-10-5-6-11(15)7-12(10)14(8-17-9-14)13(2,3)16-4/h5-7,16H,8-9H2,1-4H3. The fraction of sp³-hybridized carbons (Fsp3) is 0.571. The van der Waals surface area contributed by atoms with E-state index in [1.165, 1.54) is 11.1 Å². The maximum absolute atomic E-state index is 5.52. The summed E-state index contributed by atoms with van der Waals surface area (Å²) in [4.78, 5) is 0. The maximum atomic E-state index is 5.52. The van der Waals surface area contributed by atoms with E-state index in [0.717, 1.165) is 17.7 Å². The second-order valence-corrected chi connectivity index (χ2v) is 6.32. The molecule has 0 amide bonds. The summed E-state index contributed by atoms with van der Waals surface area (Å²) in [6, 6.07) is 6.50. The smallest absolute Gasteiger partial charge is 0.0603 e. The topological polar surface area (TPSA) is 21.3 Å². The van der Waals surface area contributed by atoms with Gasteiger partial charge in [-0.15, -0.1) is 0 Å². The Kier molecular flexibility index (Phi) is 3.36. The first-order chi connectivity index (χ1) is 7.93. The summed E-state index contributed by atoms with van der Waals surface area (Å²) in [5, 5.41) is 3.43. The summed E-state index contributed by atoms with van der Waals surface area (Å²) < 4.78 is 6.66. The van der Waals surface area contributed by atoms with Crippen LogP contribution in [-0.2, 0) is 10.2 Å². The summed E-state index contributed by atoms with van der Waals surface area (Å²) in [6.45, 7) is 8.25. The molecular weight excluding hydrogens is 278 g/mol. The van der Waals surface area contributed by atoms with Gasteiger partial charge in [-0.25, -0.2) is 0 Å². The van der Waals surface area contributed by atoms with Gasteiger partial charge in [-0.2, -0.15) is 0 Å². The molecule has 0 spiro atoms. The zero-order valence-electron chi connectivity index (χ0n) is 10.9. The van der Waals surface area contributed by atoms with Crippen molar-refractivity contribution in [2.75, 3.05) is 20.3 Å². The molecule has 3 heteroatoms. The number of rotatable bonds is 3. The monoisotopic (exact) mass is 297 g/mol. The molecule has 0 saturated carbocycles. The lowest BCUT2D eigenvalue weighted by Gasteiger charge is -2.53. The minimum Gasteiger partial charge on any atom is -0.379 e. The van der Waals surface area contributed by atoms with Gasteiger partial charge in [0.2, 0.25) is 0 Å². The Bertz CT molecular complexity index is 424. The lowest BCUT2D eigenvalue weighted by Crippen LogP contribution is -2.66. The van der Waals surface area contributed by atoms with Gasteiger partial charge < -0.3 is 10.1 Å². The molecule has 0 unspecified atom stereocenters. The molecule has 1 heterocycles.